The molecule has 0 saturated heterocycles. The predicted octanol–water partition coefficient (Wildman–Crippen LogP) is 2.49. The van der Waals surface area contributed by atoms with E-state index in [0.717, 1.165) is 17.9 Å². The zero-order chi connectivity index (χ0) is 13.7. The summed E-state index contributed by atoms with van der Waals surface area (Å²) >= 11 is 0. The number of methoxy groups -OCH3 is 1. The fraction of sp³-hybridized carbons (Fsp3) is 0.429. The van der Waals surface area contributed by atoms with Crippen LogP contribution in [0.2, 0.25) is 0 Å². The zero-order valence-electron chi connectivity index (χ0n) is 11.5. The van der Waals surface area contributed by atoms with Gasteiger partial charge in [-0.05, 0) is 24.6 Å². The van der Waals surface area contributed by atoms with E-state index in [0.29, 0.717) is 24.2 Å². The minimum atomic E-state index is 0.584. The Bertz CT molecular complexity index is 523. The maximum atomic E-state index is 5.21. The van der Waals surface area contributed by atoms with Crippen molar-refractivity contribution in [3.05, 3.63) is 30.2 Å². The summed E-state index contributed by atoms with van der Waals surface area (Å²) in [5.41, 5.74) is 0.887. The molecular weight excluding hydrogens is 242 g/mol. The SMILES string of the molecule is COc1cccc(-c2noc(CNCC(C)C)n2)c1. The van der Waals surface area contributed by atoms with E-state index in [2.05, 4.69) is 29.3 Å². The van der Waals surface area contributed by atoms with Gasteiger partial charge >= 0.3 is 0 Å². The van der Waals surface area contributed by atoms with Crippen molar-refractivity contribution < 1.29 is 9.26 Å². The normalized spacial score (nSPS) is 10.9. The number of benzene rings is 1. The second-order valence-corrected chi connectivity index (χ2v) is 4.77. The highest BCUT2D eigenvalue weighted by atomic mass is 16.5. The van der Waals surface area contributed by atoms with Crippen molar-refractivity contribution in [2.45, 2.75) is 20.4 Å². The molecule has 0 bridgehead atoms. The van der Waals surface area contributed by atoms with Gasteiger partial charge in [0.15, 0.2) is 0 Å². The lowest BCUT2D eigenvalue weighted by molar-refractivity contribution is 0.364. The maximum Gasteiger partial charge on any atom is 0.240 e. The Labute approximate surface area is 113 Å². The molecule has 1 N–H and O–H groups in total. The van der Waals surface area contributed by atoms with Crippen molar-refractivity contribution in [2.75, 3.05) is 13.7 Å². The third-order valence-electron chi connectivity index (χ3n) is 2.62. The van der Waals surface area contributed by atoms with Gasteiger partial charge in [0.1, 0.15) is 5.75 Å². The topological polar surface area (TPSA) is 60.2 Å². The second-order valence-electron chi connectivity index (χ2n) is 4.77. The van der Waals surface area contributed by atoms with Crippen LogP contribution in [0, 0.1) is 5.92 Å². The van der Waals surface area contributed by atoms with Gasteiger partial charge in [-0.1, -0.05) is 31.1 Å². The van der Waals surface area contributed by atoms with Crippen molar-refractivity contribution in [3.63, 3.8) is 0 Å². The fourth-order valence-corrected chi connectivity index (χ4v) is 1.67. The van der Waals surface area contributed by atoms with E-state index < -0.39 is 0 Å². The van der Waals surface area contributed by atoms with Gasteiger partial charge in [-0.25, -0.2) is 0 Å². The molecule has 0 unspecified atom stereocenters. The monoisotopic (exact) mass is 261 g/mol. The molecule has 0 aliphatic carbocycles. The van der Waals surface area contributed by atoms with Gasteiger partial charge in [0.05, 0.1) is 13.7 Å². The van der Waals surface area contributed by atoms with Crippen molar-refractivity contribution in [3.8, 4) is 17.1 Å². The summed E-state index contributed by atoms with van der Waals surface area (Å²) in [7, 11) is 1.64. The number of ether oxygens (including phenoxy) is 1. The quantitative estimate of drug-likeness (QED) is 0.865. The Morgan fingerprint density at radius 3 is 2.95 bits per heavy atom. The summed E-state index contributed by atoms with van der Waals surface area (Å²) in [5.74, 6) is 2.56. The van der Waals surface area contributed by atoms with E-state index in [-0.39, 0.29) is 0 Å². The van der Waals surface area contributed by atoms with Crippen LogP contribution in [0.25, 0.3) is 11.4 Å². The molecule has 102 valence electrons. The molecule has 0 aliphatic heterocycles. The molecule has 0 amide bonds. The summed E-state index contributed by atoms with van der Waals surface area (Å²) < 4.78 is 10.4. The molecule has 0 saturated carbocycles. The first-order valence-electron chi connectivity index (χ1n) is 6.36. The highest BCUT2D eigenvalue weighted by Crippen LogP contribution is 2.21. The van der Waals surface area contributed by atoms with E-state index in [1.807, 2.05) is 24.3 Å². The van der Waals surface area contributed by atoms with Crippen LogP contribution in [0.3, 0.4) is 0 Å². The standard InChI is InChI=1S/C14H19N3O2/c1-10(2)8-15-9-13-16-14(17-19-13)11-5-4-6-12(7-11)18-3/h4-7,10,15H,8-9H2,1-3H3. The second kappa shape index (κ2) is 6.33. The minimum Gasteiger partial charge on any atom is -0.497 e. The molecule has 1 aromatic carbocycles. The van der Waals surface area contributed by atoms with E-state index in [1.54, 1.807) is 7.11 Å². The van der Waals surface area contributed by atoms with Crippen LogP contribution < -0.4 is 10.1 Å². The van der Waals surface area contributed by atoms with Crippen LogP contribution in [-0.2, 0) is 6.54 Å². The Kier molecular flexibility index (Phi) is 4.52. The molecule has 0 atom stereocenters. The molecule has 2 aromatic rings. The zero-order valence-corrected chi connectivity index (χ0v) is 11.5. The Hall–Kier alpha value is -1.88. The van der Waals surface area contributed by atoms with Gasteiger partial charge in [0.25, 0.3) is 0 Å². The Morgan fingerprint density at radius 2 is 2.21 bits per heavy atom. The van der Waals surface area contributed by atoms with Crippen LogP contribution >= 0.6 is 0 Å². The molecule has 1 aromatic heterocycles. The van der Waals surface area contributed by atoms with Crippen molar-refractivity contribution in [2.24, 2.45) is 5.92 Å². The number of nitrogens with zero attached hydrogens (tertiary/aromatic N) is 2. The molecule has 0 fully saturated rings. The lowest BCUT2D eigenvalue weighted by atomic mass is 10.2. The van der Waals surface area contributed by atoms with E-state index in [1.165, 1.54) is 0 Å². The molecule has 19 heavy (non-hydrogen) atoms. The van der Waals surface area contributed by atoms with E-state index >= 15 is 0 Å². The maximum absolute atomic E-state index is 5.21. The number of hydrogen-bond donors (Lipinski definition) is 1. The summed E-state index contributed by atoms with van der Waals surface area (Å²) in [6, 6.07) is 7.60. The minimum absolute atomic E-state index is 0.584. The van der Waals surface area contributed by atoms with Crippen molar-refractivity contribution in [1.29, 1.82) is 0 Å². The van der Waals surface area contributed by atoms with Gasteiger partial charge in [0.2, 0.25) is 11.7 Å². The van der Waals surface area contributed by atoms with Gasteiger partial charge in [0, 0.05) is 5.56 Å². The van der Waals surface area contributed by atoms with Crippen LogP contribution in [0.15, 0.2) is 28.8 Å². The van der Waals surface area contributed by atoms with E-state index in [4.69, 9.17) is 9.26 Å². The fourth-order valence-electron chi connectivity index (χ4n) is 1.67. The molecule has 0 spiro atoms. The summed E-state index contributed by atoms with van der Waals surface area (Å²) in [5, 5.41) is 7.25. The molecule has 0 radical (unpaired) electrons. The van der Waals surface area contributed by atoms with Crippen LogP contribution in [0.1, 0.15) is 19.7 Å². The average Bonchev–Trinajstić information content (AvgIpc) is 2.87. The lowest BCUT2D eigenvalue weighted by Gasteiger charge is -2.03. The molecule has 0 aliphatic rings. The predicted molar refractivity (Wildman–Crippen MR) is 72.8 cm³/mol. The Balaban J connectivity index is 2.03. The number of rotatable bonds is 6. The van der Waals surface area contributed by atoms with Gasteiger partial charge in [-0.15, -0.1) is 0 Å². The number of aromatic nitrogens is 2. The Morgan fingerprint density at radius 1 is 1.37 bits per heavy atom. The van der Waals surface area contributed by atoms with Crippen LogP contribution in [0.5, 0.6) is 5.75 Å². The first-order chi connectivity index (χ1) is 9.19. The van der Waals surface area contributed by atoms with Crippen LogP contribution in [0.4, 0.5) is 0 Å². The molecule has 2 rings (SSSR count). The number of nitrogens with one attached hydrogen (secondary N) is 1. The largest absolute Gasteiger partial charge is 0.497 e. The highest BCUT2D eigenvalue weighted by molar-refractivity contribution is 5.56. The van der Waals surface area contributed by atoms with Gasteiger partial charge in [-0.2, -0.15) is 4.98 Å². The van der Waals surface area contributed by atoms with Gasteiger partial charge in [-0.3, -0.25) is 0 Å². The highest BCUT2D eigenvalue weighted by Gasteiger charge is 2.09. The first kappa shape index (κ1) is 13.5. The summed E-state index contributed by atoms with van der Waals surface area (Å²) in [6.45, 7) is 5.83. The molecule has 5 heteroatoms. The van der Waals surface area contributed by atoms with Crippen molar-refractivity contribution in [1.82, 2.24) is 15.5 Å². The molecule has 5 nitrogen and oxygen atoms in total. The average molecular weight is 261 g/mol. The summed E-state index contributed by atoms with van der Waals surface area (Å²) in [6.07, 6.45) is 0. The molecular formula is C14H19N3O2. The van der Waals surface area contributed by atoms with Gasteiger partial charge < -0.3 is 14.6 Å². The first-order valence-corrected chi connectivity index (χ1v) is 6.36. The third kappa shape index (κ3) is 3.79. The van der Waals surface area contributed by atoms with E-state index in [9.17, 15) is 0 Å². The summed E-state index contributed by atoms with van der Waals surface area (Å²) in [4.78, 5) is 4.36. The number of hydrogen-bond acceptors (Lipinski definition) is 5. The molecule has 1 heterocycles. The lowest BCUT2D eigenvalue weighted by Crippen LogP contribution is -2.19. The third-order valence-corrected chi connectivity index (χ3v) is 2.62. The smallest absolute Gasteiger partial charge is 0.240 e. The van der Waals surface area contributed by atoms with Crippen LogP contribution in [-0.4, -0.2) is 23.8 Å². The van der Waals surface area contributed by atoms with Crippen molar-refractivity contribution >= 4 is 0 Å².